The zero-order valence-electron chi connectivity index (χ0n) is 6.99. The fourth-order valence-electron chi connectivity index (χ4n) is 0.713. The van der Waals surface area contributed by atoms with Crippen LogP contribution in [0.25, 0.3) is 6.08 Å². The Morgan fingerprint density at radius 3 is 3.23 bits per heavy atom. The Bertz CT molecular complexity index is 322. The third-order valence-electron chi connectivity index (χ3n) is 1.20. The van der Waals surface area contributed by atoms with Gasteiger partial charge in [0.25, 0.3) is 0 Å². The molecule has 0 spiro atoms. The second-order valence-corrected chi connectivity index (χ2v) is 3.67. The molecule has 0 atom stereocenters. The summed E-state index contributed by atoms with van der Waals surface area (Å²) in [5, 5.41) is 0.391. The number of hydrogen-bond donors (Lipinski definition) is 0. The predicted molar refractivity (Wildman–Crippen MR) is 56.0 cm³/mol. The molecule has 0 aliphatic carbocycles. The van der Waals surface area contributed by atoms with Crippen molar-refractivity contribution in [2.45, 2.75) is 6.92 Å². The summed E-state index contributed by atoms with van der Waals surface area (Å²) in [7, 11) is 0. The highest BCUT2D eigenvalue weighted by Crippen LogP contribution is 2.15. The molecule has 0 unspecified atom stereocenters. The lowest BCUT2D eigenvalue weighted by Gasteiger charge is -1.94. The van der Waals surface area contributed by atoms with Crippen LogP contribution in [-0.4, -0.2) is 17.6 Å². The molecule has 13 heavy (non-hydrogen) atoms. The van der Waals surface area contributed by atoms with Gasteiger partial charge in [-0.3, -0.25) is 0 Å². The van der Waals surface area contributed by atoms with Crippen molar-refractivity contribution < 1.29 is 9.53 Å². The first-order valence-electron chi connectivity index (χ1n) is 3.67. The maximum atomic E-state index is 11.2. The largest absolute Gasteiger partial charge is 0.461 e. The maximum absolute atomic E-state index is 11.2. The van der Waals surface area contributed by atoms with Gasteiger partial charge in [-0.2, -0.15) is 0 Å². The Morgan fingerprint density at radius 2 is 2.62 bits per heavy atom. The molecule has 0 aliphatic heterocycles. The number of ether oxygens (including phenoxy) is 1. The molecule has 0 amide bonds. The number of thiazole rings is 1. The lowest BCUT2D eigenvalue weighted by Crippen LogP contribution is -2.03. The average molecular weight is 262 g/mol. The molecule has 0 radical (unpaired) electrons. The van der Waals surface area contributed by atoms with Gasteiger partial charge in [0.2, 0.25) is 5.01 Å². The van der Waals surface area contributed by atoms with E-state index < -0.39 is 0 Å². The van der Waals surface area contributed by atoms with Crippen molar-refractivity contribution in [2.75, 3.05) is 6.61 Å². The van der Waals surface area contributed by atoms with E-state index in [-0.39, 0.29) is 5.97 Å². The highest BCUT2D eigenvalue weighted by molar-refractivity contribution is 9.11. The molecule has 3 nitrogen and oxygen atoms in total. The third-order valence-corrected chi connectivity index (χ3v) is 2.41. The molecule has 0 saturated heterocycles. The van der Waals surface area contributed by atoms with Crippen LogP contribution in [0.5, 0.6) is 0 Å². The van der Waals surface area contributed by atoms with Crippen LogP contribution in [-0.2, 0) is 4.74 Å². The van der Waals surface area contributed by atoms with Gasteiger partial charge >= 0.3 is 5.97 Å². The quantitative estimate of drug-likeness (QED) is 0.786. The smallest absolute Gasteiger partial charge is 0.367 e. The number of carbonyl (C=O) groups is 1. The van der Waals surface area contributed by atoms with E-state index in [2.05, 4.69) is 20.9 Å². The number of halogens is 1. The first kappa shape index (κ1) is 10.4. The van der Waals surface area contributed by atoms with Gasteiger partial charge in [0.05, 0.1) is 6.61 Å². The summed E-state index contributed by atoms with van der Waals surface area (Å²) in [5.74, 6) is -0.360. The maximum Gasteiger partial charge on any atom is 0.367 e. The molecule has 1 aromatic heterocycles. The Kier molecular flexibility index (Phi) is 4.11. The number of carbonyl (C=O) groups excluding carboxylic acids is 1. The number of aromatic nitrogens is 1. The highest BCUT2D eigenvalue weighted by Gasteiger charge is 2.10. The number of hydrogen-bond acceptors (Lipinski definition) is 4. The van der Waals surface area contributed by atoms with Crippen LogP contribution in [0.3, 0.4) is 0 Å². The Morgan fingerprint density at radius 1 is 1.85 bits per heavy atom. The van der Waals surface area contributed by atoms with Crippen molar-refractivity contribution in [3.63, 3.8) is 0 Å². The molecular formula is C8H8BrNO2S. The zero-order chi connectivity index (χ0) is 9.68. The molecule has 1 aromatic rings. The van der Waals surface area contributed by atoms with Crippen LogP contribution in [0.2, 0.25) is 0 Å². The van der Waals surface area contributed by atoms with Crippen LogP contribution < -0.4 is 0 Å². The number of rotatable bonds is 3. The van der Waals surface area contributed by atoms with Gasteiger partial charge in [0, 0.05) is 11.1 Å². The van der Waals surface area contributed by atoms with Crippen molar-refractivity contribution in [2.24, 2.45) is 0 Å². The Hall–Kier alpha value is -0.680. The van der Waals surface area contributed by atoms with Crippen molar-refractivity contribution >= 4 is 39.3 Å². The van der Waals surface area contributed by atoms with Gasteiger partial charge in [-0.05, 0) is 18.0 Å². The summed E-state index contributed by atoms with van der Waals surface area (Å²) >= 11 is 4.45. The van der Waals surface area contributed by atoms with Crippen molar-refractivity contribution in [3.8, 4) is 0 Å². The number of nitrogens with zero attached hydrogens (tertiary/aromatic N) is 1. The lowest BCUT2D eigenvalue weighted by molar-refractivity contribution is 0.0526. The normalized spacial score (nSPS) is 10.6. The fraction of sp³-hybridized carbons (Fsp3) is 0.250. The summed E-state index contributed by atoms with van der Waals surface area (Å²) in [6.07, 6.45) is 3.45. The van der Waals surface area contributed by atoms with E-state index in [9.17, 15) is 4.79 Å². The van der Waals surface area contributed by atoms with E-state index in [0.29, 0.717) is 11.6 Å². The van der Waals surface area contributed by atoms with Crippen LogP contribution in [0.15, 0.2) is 11.2 Å². The van der Waals surface area contributed by atoms with E-state index in [0.717, 1.165) is 4.88 Å². The Balaban J connectivity index is 2.73. The average Bonchev–Trinajstić information content (AvgIpc) is 2.54. The van der Waals surface area contributed by atoms with E-state index in [1.54, 1.807) is 18.1 Å². The SMILES string of the molecule is CCOC(=O)c1ncc(/C=C/Br)s1. The van der Waals surface area contributed by atoms with Crippen molar-refractivity contribution in [1.29, 1.82) is 0 Å². The first-order chi connectivity index (χ1) is 6.27. The lowest BCUT2D eigenvalue weighted by atomic mass is 10.5. The van der Waals surface area contributed by atoms with Crippen LogP contribution in [0, 0.1) is 0 Å². The molecule has 5 heteroatoms. The van der Waals surface area contributed by atoms with E-state index in [4.69, 9.17) is 4.74 Å². The summed E-state index contributed by atoms with van der Waals surface area (Å²) in [6, 6.07) is 0. The molecule has 70 valence electrons. The summed E-state index contributed by atoms with van der Waals surface area (Å²) in [6.45, 7) is 2.15. The van der Waals surface area contributed by atoms with Gasteiger partial charge < -0.3 is 4.74 Å². The molecule has 0 N–H and O–H groups in total. The molecule has 0 aromatic carbocycles. The highest BCUT2D eigenvalue weighted by atomic mass is 79.9. The molecular weight excluding hydrogens is 254 g/mol. The standard InChI is InChI=1S/C8H8BrNO2S/c1-2-12-8(11)7-10-5-6(13-7)3-4-9/h3-5H,2H2,1H3/b4-3+. The minimum absolute atomic E-state index is 0.360. The summed E-state index contributed by atoms with van der Waals surface area (Å²) in [5.41, 5.74) is 0. The van der Waals surface area contributed by atoms with Gasteiger partial charge in [-0.25, -0.2) is 9.78 Å². The van der Waals surface area contributed by atoms with Gasteiger partial charge in [-0.15, -0.1) is 11.3 Å². The number of esters is 1. The van der Waals surface area contributed by atoms with E-state index in [1.807, 2.05) is 6.08 Å². The summed E-state index contributed by atoms with van der Waals surface area (Å²) in [4.78, 5) is 17.7. The van der Waals surface area contributed by atoms with Crippen LogP contribution in [0.1, 0.15) is 21.6 Å². The molecule has 1 rings (SSSR count). The van der Waals surface area contributed by atoms with Gasteiger partial charge in [-0.1, -0.05) is 15.9 Å². The zero-order valence-corrected chi connectivity index (χ0v) is 9.39. The monoisotopic (exact) mass is 261 g/mol. The van der Waals surface area contributed by atoms with Gasteiger partial charge in [0.1, 0.15) is 0 Å². The summed E-state index contributed by atoms with van der Waals surface area (Å²) < 4.78 is 4.79. The minimum atomic E-state index is -0.360. The minimum Gasteiger partial charge on any atom is -0.461 e. The van der Waals surface area contributed by atoms with E-state index >= 15 is 0 Å². The topological polar surface area (TPSA) is 39.2 Å². The van der Waals surface area contributed by atoms with Crippen molar-refractivity contribution in [3.05, 3.63) is 21.1 Å². The van der Waals surface area contributed by atoms with Gasteiger partial charge in [0.15, 0.2) is 0 Å². The van der Waals surface area contributed by atoms with Crippen molar-refractivity contribution in [1.82, 2.24) is 4.98 Å². The molecule has 0 bridgehead atoms. The molecule has 1 heterocycles. The first-order valence-corrected chi connectivity index (χ1v) is 5.41. The predicted octanol–water partition coefficient (Wildman–Crippen LogP) is 2.69. The molecule has 0 fully saturated rings. The molecule has 0 aliphatic rings. The third kappa shape index (κ3) is 2.93. The second-order valence-electron chi connectivity index (χ2n) is 2.08. The Labute approximate surface area is 88.6 Å². The second kappa shape index (κ2) is 5.14. The van der Waals surface area contributed by atoms with Crippen LogP contribution >= 0.6 is 27.3 Å². The molecule has 0 saturated carbocycles. The van der Waals surface area contributed by atoms with E-state index in [1.165, 1.54) is 11.3 Å². The fourth-order valence-corrected chi connectivity index (χ4v) is 1.89. The van der Waals surface area contributed by atoms with Crippen LogP contribution in [0.4, 0.5) is 0 Å².